The van der Waals surface area contributed by atoms with Crippen molar-refractivity contribution in [2.45, 2.75) is 6.42 Å². The van der Waals surface area contributed by atoms with Crippen molar-refractivity contribution < 1.29 is 9.18 Å². The molecule has 1 amide bonds. The van der Waals surface area contributed by atoms with Gasteiger partial charge < -0.3 is 11.1 Å². The summed E-state index contributed by atoms with van der Waals surface area (Å²) >= 11 is 5.51. The molecule has 0 radical (unpaired) electrons. The van der Waals surface area contributed by atoms with Crippen LogP contribution in [0.25, 0.3) is 0 Å². The number of carbonyl (C=O) groups is 1. The van der Waals surface area contributed by atoms with E-state index in [4.69, 9.17) is 22.7 Å². The minimum atomic E-state index is -0.554. The molecule has 1 aromatic carbocycles. The first kappa shape index (κ1) is 11.5. The zero-order chi connectivity index (χ0) is 11.4. The third kappa shape index (κ3) is 3.55. The monoisotopic (exact) mass is 229 g/mol. The molecule has 0 heterocycles. The number of nitrogens with one attached hydrogen (secondary N) is 2. The fourth-order valence-corrected chi connectivity index (χ4v) is 1.13. The molecule has 0 aliphatic rings. The molecule has 0 fully saturated rings. The van der Waals surface area contributed by atoms with Crippen molar-refractivity contribution in [2.24, 2.45) is 5.73 Å². The van der Waals surface area contributed by atoms with E-state index in [9.17, 15) is 9.18 Å². The summed E-state index contributed by atoms with van der Waals surface area (Å²) in [6.45, 7) is 0. The molecule has 4 N–H and O–H groups in total. The predicted octanol–water partition coefficient (Wildman–Crippen LogP) is 1.74. The smallest absolute Gasteiger partial charge is 0.231 e. The molecule has 4 nitrogen and oxygen atoms in total. The zero-order valence-corrected chi connectivity index (χ0v) is 8.44. The van der Waals surface area contributed by atoms with Gasteiger partial charge in [-0.1, -0.05) is 11.6 Å². The van der Waals surface area contributed by atoms with Crippen molar-refractivity contribution >= 4 is 29.0 Å². The van der Waals surface area contributed by atoms with Crippen molar-refractivity contribution in [3.63, 3.8) is 0 Å². The summed E-state index contributed by atoms with van der Waals surface area (Å²) in [5, 5.41) is 9.25. The number of anilines is 1. The van der Waals surface area contributed by atoms with Crippen LogP contribution in [0.4, 0.5) is 10.1 Å². The molecular weight excluding hydrogens is 221 g/mol. The summed E-state index contributed by atoms with van der Waals surface area (Å²) in [7, 11) is 0. The van der Waals surface area contributed by atoms with E-state index in [1.165, 1.54) is 12.1 Å². The first-order valence-corrected chi connectivity index (χ1v) is 4.44. The Morgan fingerprint density at radius 3 is 2.80 bits per heavy atom. The van der Waals surface area contributed by atoms with Crippen molar-refractivity contribution in [2.75, 3.05) is 5.32 Å². The van der Waals surface area contributed by atoms with E-state index in [0.717, 1.165) is 6.07 Å². The molecule has 0 aliphatic heterocycles. The van der Waals surface area contributed by atoms with Gasteiger partial charge in [-0.2, -0.15) is 0 Å². The lowest BCUT2D eigenvalue weighted by atomic mass is 10.3. The summed E-state index contributed by atoms with van der Waals surface area (Å²) in [5.41, 5.74) is 5.41. The Morgan fingerprint density at radius 1 is 1.60 bits per heavy atom. The van der Waals surface area contributed by atoms with Gasteiger partial charge in [0, 0.05) is 5.69 Å². The van der Waals surface area contributed by atoms with Crippen LogP contribution in [0, 0.1) is 11.2 Å². The standard InChI is InChI=1S/C9H9ClFN3O/c10-6-3-5(1-2-7(6)11)14-9(15)4-8(12)13/h1-3H,4H2,(H3,12,13)(H,14,15). The number of hydrogen-bond donors (Lipinski definition) is 3. The van der Waals surface area contributed by atoms with E-state index in [2.05, 4.69) is 5.32 Å². The Balaban J connectivity index is 2.69. The van der Waals surface area contributed by atoms with Crippen molar-refractivity contribution in [1.82, 2.24) is 0 Å². The van der Waals surface area contributed by atoms with Crippen LogP contribution < -0.4 is 11.1 Å². The van der Waals surface area contributed by atoms with Gasteiger partial charge >= 0.3 is 0 Å². The molecule has 0 saturated heterocycles. The molecule has 0 unspecified atom stereocenters. The highest BCUT2D eigenvalue weighted by molar-refractivity contribution is 6.31. The van der Waals surface area contributed by atoms with E-state index in [0.29, 0.717) is 5.69 Å². The maximum atomic E-state index is 12.7. The minimum Gasteiger partial charge on any atom is -0.387 e. The number of halogens is 2. The van der Waals surface area contributed by atoms with E-state index >= 15 is 0 Å². The van der Waals surface area contributed by atoms with Gasteiger partial charge in [0.05, 0.1) is 11.4 Å². The Morgan fingerprint density at radius 2 is 2.27 bits per heavy atom. The molecule has 80 valence electrons. The lowest BCUT2D eigenvalue weighted by Crippen LogP contribution is -2.20. The van der Waals surface area contributed by atoms with Crippen LogP contribution in [0.5, 0.6) is 0 Å². The second-order valence-electron chi connectivity index (χ2n) is 2.88. The lowest BCUT2D eigenvalue weighted by Gasteiger charge is -2.04. The van der Waals surface area contributed by atoms with E-state index in [-0.39, 0.29) is 17.3 Å². The van der Waals surface area contributed by atoms with Crippen molar-refractivity contribution in [3.8, 4) is 0 Å². The summed E-state index contributed by atoms with van der Waals surface area (Å²) in [5.74, 6) is -1.23. The molecule has 1 rings (SSSR count). The van der Waals surface area contributed by atoms with Crippen LogP contribution in [0.2, 0.25) is 5.02 Å². The maximum Gasteiger partial charge on any atom is 0.231 e. The molecular formula is C9H9ClFN3O. The van der Waals surface area contributed by atoms with Crippen LogP contribution in [0.1, 0.15) is 6.42 Å². The van der Waals surface area contributed by atoms with Gasteiger partial charge in [-0.15, -0.1) is 0 Å². The molecule has 15 heavy (non-hydrogen) atoms. The lowest BCUT2D eigenvalue weighted by molar-refractivity contribution is -0.115. The molecule has 0 saturated carbocycles. The van der Waals surface area contributed by atoms with Gasteiger partial charge in [0.25, 0.3) is 0 Å². The largest absolute Gasteiger partial charge is 0.387 e. The minimum absolute atomic E-state index is 0.0735. The zero-order valence-electron chi connectivity index (χ0n) is 7.68. The van der Waals surface area contributed by atoms with Crippen LogP contribution in [0.3, 0.4) is 0 Å². The van der Waals surface area contributed by atoms with Gasteiger partial charge in [0.2, 0.25) is 5.91 Å². The SMILES string of the molecule is N=C(N)CC(=O)Nc1ccc(F)c(Cl)c1. The van der Waals surface area contributed by atoms with Gasteiger partial charge in [0.15, 0.2) is 0 Å². The van der Waals surface area contributed by atoms with Gasteiger partial charge in [-0.3, -0.25) is 10.2 Å². The number of carbonyl (C=O) groups excluding carboxylic acids is 1. The summed E-state index contributed by atoms with van der Waals surface area (Å²) in [6, 6.07) is 3.81. The second kappa shape index (κ2) is 4.75. The van der Waals surface area contributed by atoms with E-state index in [1.54, 1.807) is 0 Å². The highest BCUT2D eigenvalue weighted by atomic mass is 35.5. The first-order valence-electron chi connectivity index (χ1n) is 4.07. The number of hydrogen-bond acceptors (Lipinski definition) is 2. The van der Waals surface area contributed by atoms with Gasteiger partial charge in [-0.25, -0.2) is 4.39 Å². The Bertz CT molecular complexity index is 408. The fraction of sp³-hybridized carbons (Fsp3) is 0.111. The van der Waals surface area contributed by atoms with E-state index in [1.807, 2.05) is 0 Å². The number of amidine groups is 1. The summed E-state index contributed by atoms with van der Waals surface area (Å²) < 4.78 is 12.7. The maximum absolute atomic E-state index is 12.7. The molecule has 0 atom stereocenters. The Labute approximate surface area is 90.7 Å². The van der Waals surface area contributed by atoms with Crippen LogP contribution >= 0.6 is 11.6 Å². The summed E-state index contributed by atoms with van der Waals surface area (Å²) in [6.07, 6.45) is -0.199. The molecule has 1 aromatic rings. The average molecular weight is 230 g/mol. The van der Waals surface area contributed by atoms with Crippen LogP contribution in [-0.2, 0) is 4.79 Å². The normalized spacial score (nSPS) is 9.73. The van der Waals surface area contributed by atoms with Gasteiger partial charge in [-0.05, 0) is 18.2 Å². The number of rotatable bonds is 3. The number of nitrogens with two attached hydrogens (primary N) is 1. The molecule has 0 bridgehead atoms. The third-order valence-electron chi connectivity index (χ3n) is 1.55. The van der Waals surface area contributed by atoms with Gasteiger partial charge in [0.1, 0.15) is 11.7 Å². The van der Waals surface area contributed by atoms with Crippen LogP contribution in [0.15, 0.2) is 18.2 Å². The Hall–Kier alpha value is -1.62. The average Bonchev–Trinajstić information content (AvgIpc) is 2.10. The quantitative estimate of drug-likeness (QED) is 0.545. The highest BCUT2D eigenvalue weighted by Crippen LogP contribution is 2.19. The number of benzene rings is 1. The van der Waals surface area contributed by atoms with E-state index < -0.39 is 11.7 Å². The molecule has 0 aromatic heterocycles. The van der Waals surface area contributed by atoms with Crippen molar-refractivity contribution in [3.05, 3.63) is 29.0 Å². The predicted molar refractivity (Wildman–Crippen MR) is 56.6 cm³/mol. The third-order valence-corrected chi connectivity index (χ3v) is 1.84. The molecule has 0 aliphatic carbocycles. The highest BCUT2D eigenvalue weighted by Gasteiger charge is 2.05. The number of amides is 1. The topological polar surface area (TPSA) is 79.0 Å². The Kier molecular flexibility index (Phi) is 3.62. The van der Waals surface area contributed by atoms with Crippen LogP contribution in [-0.4, -0.2) is 11.7 Å². The summed E-state index contributed by atoms with van der Waals surface area (Å²) in [4.78, 5) is 11.2. The fourth-order valence-electron chi connectivity index (χ4n) is 0.952. The second-order valence-corrected chi connectivity index (χ2v) is 3.29. The van der Waals surface area contributed by atoms with Crippen molar-refractivity contribution in [1.29, 1.82) is 5.41 Å². The molecule has 0 spiro atoms. The first-order chi connectivity index (χ1) is 6.99. The molecule has 6 heteroatoms.